The van der Waals surface area contributed by atoms with Gasteiger partial charge in [-0.2, -0.15) is 0 Å². The predicted molar refractivity (Wildman–Crippen MR) is 96.7 cm³/mol. The lowest BCUT2D eigenvalue weighted by Gasteiger charge is -2.35. The van der Waals surface area contributed by atoms with Crippen molar-refractivity contribution in [3.63, 3.8) is 0 Å². The van der Waals surface area contributed by atoms with Crippen molar-refractivity contribution in [2.45, 2.75) is 58.7 Å². The van der Waals surface area contributed by atoms with Crippen molar-refractivity contribution in [2.24, 2.45) is 0 Å². The minimum atomic E-state index is 0.0231. The third kappa shape index (κ3) is 5.66. The van der Waals surface area contributed by atoms with Gasteiger partial charge in [0.2, 0.25) is 0 Å². The van der Waals surface area contributed by atoms with Crippen LogP contribution in [0.4, 0.5) is 0 Å². The highest BCUT2D eigenvalue weighted by molar-refractivity contribution is 6.30. The SMILES string of the molecule is C[C@H]1CN(CCCOc2ccc(Cl)cc2C(C)(C)C)C[C@H](C)O1. The normalized spacial score (nSPS) is 23.0. The van der Waals surface area contributed by atoms with Gasteiger partial charge in [0.1, 0.15) is 5.75 Å². The molecule has 1 aromatic rings. The summed E-state index contributed by atoms with van der Waals surface area (Å²) < 4.78 is 11.8. The number of rotatable bonds is 5. The monoisotopic (exact) mass is 339 g/mol. The summed E-state index contributed by atoms with van der Waals surface area (Å²) in [5.41, 5.74) is 1.19. The topological polar surface area (TPSA) is 21.7 Å². The molecule has 23 heavy (non-hydrogen) atoms. The van der Waals surface area contributed by atoms with Gasteiger partial charge in [-0.1, -0.05) is 32.4 Å². The lowest BCUT2D eigenvalue weighted by molar-refractivity contribution is -0.0686. The number of morpholine rings is 1. The first-order valence-corrected chi connectivity index (χ1v) is 8.94. The second-order valence-electron chi connectivity index (χ2n) is 7.61. The fourth-order valence-corrected chi connectivity index (χ4v) is 3.32. The van der Waals surface area contributed by atoms with Gasteiger partial charge in [-0.3, -0.25) is 4.90 Å². The van der Waals surface area contributed by atoms with Crippen LogP contribution in [0.2, 0.25) is 5.02 Å². The molecule has 0 bridgehead atoms. The maximum absolute atomic E-state index is 6.14. The zero-order valence-corrected chi connectivity index (χ0v) is 15.8. The van der Waals surface area contributed by atoms with E-state index in [9.17, 15) is 0 Å². The summed E-state index contributed by atoms with van der Waals surface area (Å²) in [6, 6.07) is 5.90. The fourth-order valence-electron chi connectivity index (χ4n) is 3.15. The molecule has 130 valence electrons. The van der Waals surface area contributed by atoms with Gasteiger partial charge >= 0.3 is 0 Å². The van der Waals surface area contributed by atoms with Gasteiger partial charge in [0.05, 0.1) is 18.8 Å². The van der Waals surface area contributed by atoms with E-state index in [4.69, 9.17) is 21.1 Å². The number of benzene rings is 1. The van der Waals surface area contributed by atoms with Gasteiger partial charge in [-0.15, -0.1) is 0 Å². The number of halogens is 1. The van der Waals surface area contributed by atoms with Crippen LogP contribution in [0.5, 0.6) is 5.75 Å². The van der Waals surface area contributed by atoms with E-state index < -0.39 is 0 Å². The molecule has 0 amide bonds. The molecule has 1 aromatic carbocycles. The first-order chi connectivity index (χ1) is 10.8. The first-order valence-electron chi connectivity index (χ1n) is 8.56. The van der Waals surface area contributed by atoms with E-state index in [2.05, 4.69) is 39.5 Å². The summed E-state index contributed by atoms with van der Waals surface area (Å²) in [4.78, 5) is 2.47. The van der Waals surface area contributed by atoms with Crippen LogP contribution in [0.25, 0.3) is 0 Å². The molecule has 2 atom stereocenters. The van der Waals surface area contributed by atoms with E-state index in [0.29, 0.717) is 12.2 Å². The van der Waals surface area contributed by atoms with E-state index in [-0.39, 0.29) is 5.41 Å². The summed E-state index contributed by atoms with van der Waals surface area (Å²) in [5, 5.41) is 0.763. The Morgan fingerprint density at radius 1 is 1.22 bits per heavy atom. The smallest absolute Gasteiger partial charge is 0.123 e. The molecule has 0 aromatic heterocycles. The van der Waals surface area contributed by atoms with Gasteiger partial charge in [0.15, 0.2) is 0 Å². The van der Waals surface area contributed by atoms with E-state index in [1.165, 1.54) is 5.56 Å². The summed E-state index contributed by atoms with van der Waals surface area (Å²) in [5.74, 6) is 0.950. The molecular weight excluding hydrogens is 310 g/mol. The minimum absolute atomic E-state index is 0.0231. The van der Waals surface area contributed by atoms with E-state index in [1.807, 2.05) is 18.2 Å². The average molecular weight is 340 g/mol. The first kappa shape index (κ1) is 18.6. The lowest BCUT2D eigenvalue weighted by atomic mass is 9.86. The van der Waals surface area contributed by atoms with Crippen molar-refractivity contribution in [3.8, 4) is 5.75 Å². The summed E-state index contributed by atoms with van der Waals surface area (Å²) in [7, 11) is 0. The second kappa shape index (κ2) is 7.87. The zero-order valence-electron chi connectivity index (χ0n) is 15.1. The highest BCUT2D eigenvalue weighted by atomic mass is 35.5. The Hall–Kier alpha value is -0.770. The summed E-state index contributed by atoms with van der Waals surface area (Å²) in [6.07, 6.45) is 1.66. The van der Waals surface area contributed by atoms with E-state index in [0.717, 1.165) is 43.4 Å². The lowest BCUT2D eigenvalue weighted by Crippen LogP contribution is -2.45. The van der Waals surface area contributed by atoms with E-state index in [1.54, 1.807) is 0 Å². The third-order valence-electron chi connectivity index (χ3n) is 4.12. The van der Waals surface area contributed by atoms with Gasteiger partial charge in [0, 0.05) is 30.2 Å². The van der Waals surface area contributed by atoms with Crippen molar-refractivity contribution >= 4 is 11.6 Å². The van der Waals surface area contributed by atoms with Crippen molar-refractivity contribution in [3.05, 3.63) is 28.8 Å². The molecule has 3 nitrogen and oxygen atoms in total. The number of nitrogens with zero attached hydrogens (tertiary/aromatic N) is 1. The van der Waals surface area contributed by atoms with Gasteiger partial charge in [0.25, 0.3) is 0 Å². The van der Waals surface area contributed by atoms with Crippen molar-refractivity contribution in [1.82, 2.24) is 4.90 Å². The van der Waals surface area contributed by atoms with Crippen LogP contribution in [-0.2, 0) is 10.2 Å². The Morgan fingerprint density at radius 2 is 1.87 bits per heavy atom. The Bertz CT molecular complexity index is 503. The summed E-state index contributed by atoms with van der Waals surface area (Å²) >= 11 is 6.14. The average Bonchev–Trinajstić information content (AvgIpc) is 2.42. The number of ether oxygens (including phenoxy) is 2. The Labute approximate surface area is 145 Å². The van der Waals surface area contributed by atoms with Crippen molar-refractivity contribution in [1.29, 1.82) is 0 Å². The van der Waals surface area contributed by atoms with Crippen molar-refractivity contribution in [2.75, 3.05) is 26.2 Å². The van der Waals surface area contributed by atoms with Crippen LogP contribution in [0.3, 0.4) is 0 Å². The molecule has 0 saturated carbocycles. The zero-order chi connectivity index (χ0) is 17.0. The highest BCUT2D eigenvalue weighted by Gasteiger charge is 2.22. The largest absolute Gasteiger partial charge is 0.493 e. The molecule has 0 unspecified atom stereocenters. The predicted octanol–water partition coefficient (Wildman–Crippen LogP) is 4.52. The van der Waals surface area contributed by atoms with E-state index >= 15 is 0 Å². The Kier molecular flexibility index (Phi) is 6.35. The molecule has 0 radical (unpaired) electrons. The Morgan fingerprint density at radius 3 is 2.48 bits per heavy atom. The van der Waals surface area contributed by atoms with Gasteiger partial charge in [-0.05, 0) is 43.9 Å². The Balaban J connectivity index is 1.85. The molecule has 1 aliphatic heterocycles. The van der Waals surface area contributed by atoms with Crippen LogP contribution >= 0.6 is 11.6 Å². The highest BCUT2D eigenvalue weighted by Crippen LogP contribution is 2.33. The minimum Gasteiger partial charge on any atom is -0.493 e. The molecule has 0 aliphatic carbocycles. The molecular formula is C19H30ClNO2. The number of hydrogen-bond acceptors (Lipinski definition) is 3. The second-order valence-corrected chi connectivity index (χ2v) is 8.05. The maximum Gasteiger partial charge on any atom is 0.123 e. The molecule has 1 heterocycles. The molecule has 4 heteroatoms. The third-order valence-corrected chi connectivity index (χ3v) is 4.36. The van der Waals surface area contributed by atoms with Crippen LogP contribution in [-0.4, -0.2) is 43.3 Å². The molecule has 0 N–H and O–H groups in total. The van der Waals surface area contributed by atoms with Crippen LogP contribution in [0.1, 0.15) is 46.6 Å². The molecule has 1 saturated heterocycles. The van der Waals surface area contributed by atoms with Gasteiger partial charge in [-0.25, -0.2) is 0 Å². The van der Waals surface area contributed by atoms with Gasteiger partial charge < -0.3 is 9.47 Å². The molecule has 0 spiro atoms. The molecule has 1 aliphatic rings. The van der Waals surface area contributed by atoms with Crippen LogP contribution < -0.4 is 4.74 Å². The maximum atomic E-state index is 6.14. The molecule has 1 fully saturated rings. The quantitative estimate of drug-likeness (QED) is 0.736. The standard InChI is InChI=1S/C19H30ClNO2/c1-14-12-21(13-15(2)23-14)9-6-10-22-18-8-7-16(20)11-17(18)19(3,4)5/h7-8,11,14-15H,6,9-10,12-13H2,1-5H3/t14-,15-/m0/s1. The van der Waals surface area contributed by atoms with Crippen molar-refractivity contribution < 1.29 is 9.47 Å². The summed E-state index contributed by atoms with van der Waals surface area (Å²) in [6.45, 7) is 14.6. The van der Waals surface area contributed by atoms with Crippen LogP contribution in [0.15, 0.2) is 18.2 Å². The van der Waals surface area contributed by atoms with Crippen LogP contribution in [0, 0.1) is 0 Å². The molecule has 2 rings (SSSR count). The fraction of sp³-hybridized carbons (Fsp3) is 0.684. The number of hydrogen-bond donors (Lipinski definition) is 0.